The molecule has 1 aliphatic rings. The second kappa shape index (κ2) is 8.58. The molecule has 0 atom stereocenters. The summed E-state index contributed by atoms with van der Waals surface area (Å²) in [4.78, 5) is 14.4. The van der Waals surface area contributed by atoms with Crippen LogP contribution >= 0.6 is 0 Å². The van der Waals surface area contributed by atoms with Crippen LogP contribution < -0.4 is 9.46 Å². The minimum atomic E-state index is -3.59. The summed E-state index contributed by atoms with van der Waals surface area (Å²) in [5.41, 5.74) is 1.29. The first kappa shape index (κ1) is 20.1. The van der Waals surface area contributed by atoms with Gasteiger partial charge in [-0.2, -0.15) is 0 Å². The fraction of sp³-hybridized carbons (Fsp3) is 0.286. The van der Waals surface area contributed by atoms with Crippen LogP contribution in [0, 0.1) is 0 Å². The van der Waals surface area contributed by atoms with Gasteiger partial charge in [-0.05, 0) is 48.7 Å². The molecule has 0 heterocycles. The molecule has 0 saturated heterocycles. The van der Waals surface area contributed by atoms with Crippen LogP contribution in [0.1, 0.15) is 28.8 Å². The fourth-order valence-electron chi connectivity index (χ4n) is 2.70. The summed E-state index contributed by atoms with van der Waals surface area (Å²) in [6.07, 6.45) is 3.39. The maximum absolute atomic E-state index is 12.7. The molecule has 2 aromatic carbocycles. The number of benzene rings is 2. The predicted octanol–water partition coefficient (Wildman–Crippen LogP) is 2.96. The molecule has 1 saturated carbocycles. The Morgan fingerprint density at radius 3 is 2.61 bits per heavy atom. The van der Waals surface area contributed by atoms with E-state index in [-0.39, 0.29) is 16.8 Å². The number of nitrogens with zero attached hydrogens (tertiary/aromatic N) is 1. The molecule has 1 aliphatic carbocycles. The van der Waals surface area contributed by atoms with Crippen LogP contribution in [0.4, 0.5) is 0 Å². The molecule has 28 heavy (non-hydrogen) atoms. The third-order valence-corrected chi connectivity index (χ3v) is 5.87. The van der Waals surface area contributed by atoms with Crippen molar-refractivity contribution < 1.29 is 17.9 Å². The average molecular weight is 401 g/mol. The molecule has 0 spiro atoms. The predicted molar refractivity (Wildman–Crippen MR) is 108 cm³/mol. The number of ether oxygens (including phenoxy) is 1. The van der Waals surface area contributed by atoms with Gasteiger partial charge in [-0.3, -0.25) is 4.79 Å². The van der Waals surface area contributed by atoms with Gasteiger partial charge >= 0.3 is 0 Å². The highest BCUT2D eigenvalue weighted by molar-refractivity contribution is 7.89. The van der Waals surface area contributed by atoms with Crippen molar-refractivity contribution in [1.82, 2.24) is 9.62 Å². The molecule has 0 bridgehead atoms. The van der Waals surface area contributed by atoms with Crippen molar-refractivity contribution in [2.24, 2.45) is 0 Å². The van der Waals surface area contributed by atoms with Gasteiger partial charge in [0.2, 0.25) is 10.0 Å². The number of amides is 1. The van der Waals surface area contributed by atoms with E-state index in [2.05, 4.69) is 11.3 Å². The van der Waals surface area contributed by atoms with Crippen LogP contribution in [-0.4, -0.2) is 38.9 Å². The summed E-state index contributed by atoms with van der Waals surface area (Å²) in [6, 6.07) is 13.6. The van der Waals surface area contributed by atoms with Crippen molar-refractivity contribution in [3.63, 3.8) is 0 Å². The molecule has 3 rings (SSSR count). The molecule has 2 aromatic rings. The van der Waals surface area contributed by atoms with E-state index in [4.69, 9.17) is 4.74 Å². The van der Waals surface area contributed by atoms with E-state index in [0.29, 0.717) is 18.7 Å². The zero-order valence-corrected chi connectivity index (χ0v) is 16.6. The largest absolute Gasteiger partial charge is 0.490 e. The second-order valence-corrected chi connectivity index (χ2v) is 8.54. The van der Waals surface area contributed by atoms with Crippen molar-refractivity contribution in [2.45, 2.75) is 30.3 Å². The third kappa shape index (κ3) is 5.21. The van der Waals surface area contributed by atoms with E-state index in [9.17, 15) is 13.2 Å². The zero-order chi connectivity index (χ0) is 20.1. The maximum Gasteiger partial charge on any atom is 0.253 e. The number of carbonyl (C=O) groups is 1. The van der Waals surface area contributed by atoms with Crippen LogP contribution in [0.3, 0.4) is 0 Å². The normalized spacial score (nSPS) is 13.8. The minimum absolute atomic E-state index is 0.0189. The molecule has 0 aliphatic heterocycles. The number of nitrogens with one attached hydrogen (secondary N) is 1. The Bertz CT molecular complexity index is 951. The summed E-state index contributed by atoms with van der Waals surface area (Å²) in [5.74, 6) is 0.495. The lowest BCUT2D eigenvalue weighted by atomic mass is 10.1. The van der Waals surface area contributed by atoms with Gasteiger partial charge in [0.15, 0.2) is 0 Å². The molecular weight excluding hydrogens is 376 g/mol. The van der Waals surface area contributed by atoms with Gasteiger partial charge in [0, 0.05) is 25.2 Å². The Labute approximate surface area is 165 Å². The number of sulfonamides is 1. The van der Waals surface area contributed by atoms with E-state index in [1.165, 1.54) is 12.1 Å². The molecule has 7 heteroatoms. The Morgan fingerprint density at radius 1 is 1.25 bits per heavy atom. The Balaban J connectivity index is 1.67. The van der Waals surface area contributed by atoms with Crippen LogP contribution in [-0.2, 0) is 16.6 Å². The molecule has 1 amide bonds. The van der Waals surface area contributed by atoms with Crippen LogP contribution in [0.15, 0.2) is 66.1 Å². The third-order valence-electron chi connectivity index (χ3n) is 4.35. The van der Waals surface area contributed by atoms with E-state index >= 15 is 0 Å². The summed E-state index contributed by atoms with van der Waals surface area (Å²) < 4.78 is 32.8. The summed E-state index contributed by atoms with van der Waals surface area (Å²) in [6.45, 7) is 4.45. The molecular formula is C21H24N2O4S. The number of hydrogen-bond donors (Lipinski definition) is 1. The lowest BCUT2D eigenvalue weighted by Gasteiger charge is -2.18. The highest BCUT2D eigenvalue weighted by atomic mass is 32.2. The van der Waals surface area contributed by atoms with Gasteiger partial charge in [-0.25, -0.2) is 13.1 Å². The molecule has 6 nitrogen and oxygen atoms in total. The van der Waals surface area contributed by atoms with Gasteiger partial charge < -0.3 is 9.64 Å². The number of rotatable bonds is 9. The van der Waals surface area contributed by atoms with Gasteiger partial charge in [-0.1, -0.05) is 30.9 Å². The van der Waals surface area contributed by atoms with Crippen molar-refractivity contribution >= 4 is 15.9 Å². The lowest BCUT2D eigenvalue weighted by Crippen LogP contribution is -2.28. The summed E-state index contributed by atoms with van der Waals surface area (Å²) in [7, 11) is -1.90. The monoisotopic (exact) mass is 400 g/mol. The van der Waals surface area contributed by atoms with Gasteiger partial charge in [0.05, 0.1) is 4.90 Å². The van der Waals surface area contributed by atoms with Gasteiger partial charge in [0.25, 0.3) is 5.91 Å². The molecule has 0 radical (unpaired) electrons. The molecule has 1 fully saturated rings. The maximum atomic E-state index is 12.7. The van der Waals surface area contributed by atoms with Crippen molar-refractivity contribution in [1.29, 1.82) is 0 Å². The topological polar surface area (TPSA) is 75.7 Å². The molecule has 1 N–H and O–H groups in total. The average Bonchev–Trinajstić information content (AvgIpc) is 3.50. The SMILES string of the molecule is C=CCOc1ccc(CN(C)C(=O)c2cccc(S(=O)(=O)NC3CC3)c2)cc1. The van der Waals surface area contributed by atoms with Crippen molar-refractivity contribution in [3.05, 3.63) is 72.3 Å². The quantitative estimate of drug-likeness (QED) is 0.657. The van der Waals surface area contributed by atoms with E-state index in [1.54, 1.807) is 30.2 Å². The van der Waals surface area contributed by atoms with E-state index < -0.39 is 10.0 Å². The van der Waals surface area contributed by atoms with Crippen molar-refractivity contribution in [3.8, 4) is 5.75 Å². The molecule has 0 unspecified atom stereocenters. The summed E-state index contributed by atoms with van der Waals surface area (Å²) in [5, 5.41) is 0. The Kier molecular flexibility index (Phi) is 6.16. The zero-order valence-electron chi connectivity index (χ0n) is 15.8. The highest BCUT2D eigenvalue weighted by Gasteiger charge is 2.28. The van der Waals surface area contributed by atoms with Crippen LogP contribution in [0.5, 0.6) is 5.75 Å². The molecule has 0 aromatic heterocycles. The fourth-order valence-corrected chi connectivity index (χ4v) is 4.05. The first-order chi connectivity index (χ1) is 13.4. The first-order valence-electron chi connectivity index (χ1n) is 9.09. The van der Waals surface area contributed by atoms with Gasteiger partial charge in [0.1, 0.15) is 12.4 Å². The summed E-state index contributed by atoms with van der Waals surface area (Å²) >= 11 is 0. The highest BCUT2D eigenvalue weighted by Crippen LogP contribution is 2.23. The van der Waals surface area contributed by atoms with Crippen molar-refractivity contribution in [2.75, 3.05) is 13.7 Å². The standard InChI is InChI=1S/C21H24N2O4S/c1-3-13-27-19-11-7-16(8-12-19)15-23(2)21(24)17-5-4-6-20(14-17)28(25,26)22-18-9-10-18/h3-8,11-12,14,18,22H,1,9-10,13,15H2,2H3. The van der Waals surface area contributed by atoms with Gasteiger partial charge in [-0.15, -0.1) is 0 Å². The van der Waals surface area contributed by atoms with Crippen LogP contribution in [0.25, 0.3) is 0 Å². The van der Waals surface area contributed by atoms with E-state index in [0.717, 1.165) is 24.2 Å². The number of carbonyl (C=O) groups excluding carboxylic acids is 1. The Morgan fingerprint density at radius 2 is 1.96 bits per heavy atom. The number of hydrogen-bond acceptors (Lipinski definition) is 4. The molecule has 148 valence electrons. The lowest BCUT2D eigenvalue weighted by molar-refractivity contribution is 0.0785. The first-order valence-corrected chi connectivity index (χ1v) is 10.6. The van der Waals surface area contributed by atoms with Crippen LogP contribution in [0.2, 0.25) is 0 Å². The minimum Gasteiger partial charge on any atom is -0.490 e. The Hall–Kier alpha value is -2.64. The second-order valence-electron chi connectivity index (χ2n) is 6.83. The van der Waals surface area contributed by atoms with E-state index in [1.807, 2.05) is 24.3 Å². The smallest absolute Gasteiger partial charge is 0.253 e.